The Kier molecular flexibility index (Phi) is 4.40. The van der Waals surface area contributed by atoms with Crippen LogP contribution in [0.3, 0.4) is 0 Å². The highest BCUT2D eigenvalue weighted by molar-refractivity contribution is 9.10. The molecule has 0 aromatic heterocycles. The molecule has 110 valence electrons. The molecule has 5 heteroatoms. The average molecular weight is 342 g/mol. The minimum absolute atomic E-state index is 0.191. The Labute approximate surface area is 128 Å². The van der Waals surface area contributed by atoms with Gasteiger partial charge in [-0.15, -0.1) is 0 Å². The fourth-order valence-corrected chi connectivity index (χ4v) is 3.46. The van der Waals surface area contributed by atoms with Crippen molar-refractivity contribution in [1.29, 1.82) is 0 Å². The summed E-state index contributed by atoms with van der Waals surface area (Å²) in [4.78, 5) is 5.05. The van der Waals surface area contributed by atoms with E-state index < -0.39 is 0 Å². The highest BCUT2D eigenvalue weighted by Gasteiger charge is 2.35. The number of halogens is 2. The van der Waals surface area contributed by atoms with Crippen molar-refractivity contribution in [1.82, 2.24) is 15.1 Å². The lowest BCUT2D eigenvalue weighted by molar-refractivity contribution is 0.00345. The number of hydrogen-bond acceptors (Lipinski definition) is 3. The highest BCUT2D eigenvalue weighted by atomic mass is 79.9. The third-order valence-corrected chi connectivity index (χ3v) is 5.14. The number of nitrogens with one attached hydrogen (secondary N) is 1. The van der Waals surface area contributed by atoms with Crippen LogP contribution in [0.15, 0.2) is 22.7 Å². The molecule has 0 spiro atoms. The topological polar surface area (TPSA) is 18.5 Å². The van der Waals surface area contributed by atoms with Crippen molar-refractivity contribution in [2.45, 2.75) is 19.0 Å². The number of piperazine rings is 1. The molecule has 3 rings (SSSR count). The molecule has 2 aliphatic heterocycles. The largest absolute Gasteiger partial charge is 0.314 e. The van der Waals surface area contributed by atoms with Crippen LogP contribution in [-0.4, -0.2) is 55.1 Å². The van der Waals surface area contributed by atoms with Gasteiger partial charge in [0.1, 0.15) is 5.82 Å². The Morgan fingerprint density at radius 2 is 2.00 bits per heavy atom. The van der Waals surface area contributed by atoms with Gasteiger partial charge in [-0.1, -0.05) is 6.07 Å². The maximum Gasteiger partial charge on any atom is 0.137 e. The van der Waals surface area contributed by atoms with E-state index in [4.69, 9.17) is 0 Å². The normalized spacial score (nSPS) is 23.6. The van der Waals surface area contributed by atoms with Gasteiger partial charge in [-0.25, -0.2) is 4.39 Å². The first-order chi connectivity index (χ1) is 9.65. The first-order valence-electron chi connectivity index (χ1n) is 7.29. The van der Waals surface area contributed by atoms with Crippen molar-refractivity contribution in [3.8, 4) is 0 Å². The van der Waals surface area contributed by atoms with Gasteiger partial charge < -0.3 is 5.32 Å². The van der Waals surface area contributed by atoms with E-state index in [0.717, 1.165) is 39.3 Å². The number of nitrogens with zero attached hydrogens (tertiary/aromatic N) is 2. The summed E-state index contributed by atoms with van der Waals surface area (Å²) in [5.74, 6) is -0.191. The van der Waals surface area contributed by atoms with Crippen molar-refractivity contribution in [2.75, 3.05) is 39.3 Å². The second-order valence-corrected chi connectivity index (χ2v) is 6.60. The first kappa shape index (κ1) is 14.4. The molecule has 20 heavy (non-hydrogen) atoms. The van der Waals surface area contributed by atoms with Gasteiger partial charge >= 0.3 is 0 Å². The summed E-state index contributed by atoms with van der Waals surface area (Å²) in [6, 6.07) is 6.39. The van der Waals surface area contributed by atoms with Crippen LogP contribution in [0, 0.1) is 5.82 Å². The fraction of sp³-hybridized carbons (Fsp3) is 0.600. The summed E-state index contributed by atoms with van der Waals surface area (Å²) in [5, 5.41) is 3.39. The van der Waals surface area contributed by atoms with E-state index in [-0.39, 0.29) is 5.82 Å². The Bertz CT molecular complexity index is 470. The van der Waals surface area contributed by atoms with Crippen LogP contribution in [0.5, 0.6) is 0 Å². The second-order valence-electron chi connectivity index (χ2n) is 5.74. The van der Waals surface area contributed by atoms with Gasteiger partial charge in [-0.3, -0.25) is 9.80 Å². The molecule has 0 aliphatic carbocycles. The molecule has 1 aromatic carbocycles. The minimum Gasteiger partial charge on any atom is -0.314 e. The van der Waals surface area contributed by atoms with Gasteiger partial charge in [-0.05, 0) is 40.5 Å². The molecule has 0 amide bonds. The summed E-state index contributed by atoms with van der Waals surface area (Å²) in [7, 11) is 0. The number of likely N-dealkylation sites (tertiary alicyclic amines) is 1. The molecule has 0 radical (unpaired) electrons. The zero-order chi connectivity index (χ0) is 14.1. The smallest absolute Gasteiger partial charge is 0.137 e. The molecule has 2 aliphatic rings. The van der Waals surface area contributed by atoms with Crippen LogP contribution in [0.1, 0.15) is 18.5 Å². The summed E-state index contributed by atoms with van der Waals surface area (Å²) in [5.41, 5.74) is 1.18. The molecule has 0 bridgehead atoms. The molecular weight excluding hydrogens is 321 g/mol. The lowest BCUT2D eigenvalue weighted by Crippen LogP contribution is -2.62. The van der Waals surface area contributed by atoms with Crippen molar-refractivity contribution in [3.05, 3.63) is 34.1 Å². The van der Waals surface area contributed by atoms with Crippen molar-refractivity contribution in [2.24, 2.45) is 0 Å². The van der Waals surface area contributed by atoms with E-state index in [9.17, 15) is 4.39 Å². The van der Waals surface area contributed by atoms with Crippen LogP contribution < -0.4 is 5.32 Å². The van der Waals surface area contributed by atoms with Gasteiger partial charge in [0.2, 0.25) is 0 Å². The molecule has 2 saturated heterocycles. The van der Waals surface area contributed by atoms with Gasteiger partial charge in [0.15, 0.2) is 0 Å². The maximum atomic E-state index is 13.3. The number of benzene rings is 1. The Hall–Kier alpha value is -0.490. The van der Waals surface area contributed by atoms with E-state index in [1.54, 1.807) is 6.07 Å². The Morgan fingerprint density at radius 3 is 2.65 bits per heavy atom. The van der Waals surface area contributed by atoms with E-state index in [2.05, 4.69) is 38.0 Å². The minimum atomic E-state index is -0.191. The SMILES string of the molecule is CC(c1ccc(F)c(Br)c1)N1CC(N2CCNCC2)C1. The van der Waals surface area contributed by atoms with Gasteiger partial charge in [0.05, 0.1) is 4.47 Å². The first-order valence-corrected chi connectivity index (χ1v) is 8.08. The van der Waals surface area contributed by atoms with Gasteiger partial charge in [0.25, 0.3) is 0 Å². The predicted octanol–water partition coefficient (Wildman–Crippen LogP) is 2.24. The summed E-state index contributed by atoms with van der Waals surface area (Å²) in [6.45, 7) is 8.98. The predicted molar refractivity (Wildman–Crippen MR) is 82.3 cm³/mol. The average Bonchev–Trinajstić information content (AvgIpc) is 2.41. The van der Waals surface area contributed by atoms with Gasteiger partial charge in [0, 0.05) is 51.4 Å². The number of rotatable bonds is 3. The highest BCUT2D eigenvalue weighted by Crippen LogP contribution is 2.29. The van der Waals surface area contributed by atoms with Crippen LogP contribution in [0.4, 0.5) is 4.39 Å². The molecule has 1 N–H and O–H groups in total. The molecule has 1 aromatic rings. The Balaban J connectivity index is 1.57. The van der Waals surface area contributed by atoms with Crippen LogP contribution >= 0.6 is 15.9 Å². The summed E-state index contributed by atoms with van der Waals surface area (Å²) >= 11 is 3.27. The van der Waals surface area contributed by atoms with Crippen LogP contribution in [0.2, 0.25) is 0 Å². The monoisotopic (exact) mass is 341 g/mol. The third-order valence-electron chi connectivity index (χ3n) is 4.53. The zero-order valence-electron chi connectivity index (χ0n) is 11.8. The van der Waals surface area contributed by atoms with Gasteiger partial charge in [-0.2, -0.15) is 0 Å². The van der Waals surface area contributed by atoms with Crippen molar-refractivity contribution >= 4 is 15.9 Å². The van der Waals surface area contributed by atoms with Crippen LogP contribution in [0.25, 0.3) is 0 Å². The molecular formula is C15H21BrFN3. The van der Waals surface area contributed by atoms with E-state index in [1.807, 2.05) is 12.1 Å². The van der Waals surface area contributed by atoms with E-state index in [0.29, 0.717) is 16.6 Å². The molecule has 1 unspecified atom stereocenters. The van der Waals surface area contributed by atoms with Crippen molar-refractivity contribution < 1.29 is 4.39 Å². The van der Waals surface area contributed by atoms with Crippen molar-refractivity contribution in [3.63, 3.8) is 0 Å². The lowest BCUT2D eigenvalue weighted by Gasteiger charge is -2.49. The van der Waals surface area contributed by atoms with E-state index >= 15 is 0 Å². The second kappa shape index (κ2) is 6.10. The maximum absolute atomic E-state index is 13.3. The standard InChI is InChI=1S/C15H21BrFN3/c1-11(12-2-3-15(17)14(16)8-12)20-9-13(10-20)19-6-4-18-5-7-19/h2-3,8,11,13,18H,4-7,9-10H2,1H3. The molecule has 3 nitrogen and oxygen atoms in total. The lowest BCUT2D eigenvalue weighted by atomic mass is 9.99. The molecule has 2 heterocycles. The number of hydrogen-bond donors (Lipinski definition) is 1. The van der Waals surface area contributed by atoms with E-state index in [1.165, 1.54) is 5.56 Å². The molecule has 0 saturated carbocycles. The molecule has 1 atom stereocenters. The third kappa shape index (κ3) is 2.91. The molecule has 2 fully saturated rings. The Morgan fingerprint density at radius 1 is 1.30 bits per heavy atom. The fourth-order valence-electron chi connectivity index (χ4n) is 3.07. The quantitative estimate of drug-likeness (QED) is 0.909. The zero-order valence-corrected chi connectivity index (χ0v) is 13.4. The summed E-state index contributed by atoms with van der Waals surface area (Å²) < 4.78 is 13.8. The summed E-state index contributed by atoms with van der Waals surface area (Å²) in [6.07, 6.45) is 0. The van der Waals surface area contributed by atoms with Crippen LogP contribution in [-0.2, 0) is 0 Å².